The summed E-state index contributed by atoms with van der Waals surface area (Å²) in [6.45, 7) is 3.39. The maximum Gasteiger partial charge on any atom is 0.223 e. The van der Waals surface area contributed by atoms with Gasteiger partial charge < -0.3 is 21.1 Å². The van der Waals surface area contributed by atoms with Crippen LogP contribution in [0.15, 0.2) is 24.3 Å². The first kappa shape index (κ1) is 17.7. The summed E-state index contributed by atoms with van der Waals surface area (Å²) in [5.41, 5.74) is 7.37. The second kappa shape index (κ2) is 7.41. The van der Waals surface area contributed by atoms with E-state index in [1.165, 1.54) is 12.1 Å². The van der Waals surface area contributed by atoms with Crippen molar-refractivity contribution in [2.24, 2.45) is 0 Å². The smallest absolute Gasteiger partial charge is 0.223 e. The molecule has 3 rings (SSSR count). The Balaban J connectivity index is 1.86. The van der Waals surface area contributed by atoms with Crippen LogP contribution < -0.4 is 16.0 Å². The van der Waals surface area contributed by atoms with E-state index in [2.05, 4.69) is 20.2 Å². The molecule has 0 radical (unpaired) electrons. The number of nitrogens with one attached hydrogen (secondary N) is 1. The highest BCUT2D eigenvalue weighted by atomic mass is 35.5. The number of aliphatic hydroxyl groups excluding tert-OH is 1. The second-order valence-corrected chi connectivity index (χ2v) is 6.61. The van der Waals surface area contributed by atoms with Gasteiger partial charge in [0.2, 0.25) is 5.95 Å². The fraction of sp³-hybridized carbons (Fsp3) is 0.412. The first-order chi connectivity index (χ1) is 11.9. The summed E-state index contributed by atoms with van der Waals surface area (Å²) in [7, 11) is 0. The standard InChI is InChI=1S/C17H21ClFN5O/c1-10(21-16-9-15(18)22-17(20)23-16)13-8-11(19)2-3-14(13)24-6-4-12(25)5-7-24/h2-3,8-10,12,25H,4-7H2,1H3,(H3,20,21,22,23)/t10-/m1/s1. The maximum atomic E-state index is 13.9. The number of anilines is 3. The number of nitrogens with zero attached hydrogens (tertiary/aromatic N) is 3. The summed E-state index contributed by atoms with van der Waals surface area (Å²) in [4.78, 5) is 10.1. The van der Waals surface area contributed by atoms with Crippen molar-refractivity contribution in [1.29, 1.82) is 0 Å². The van der Waals surface area contributed by atoms with Gasteiger partial charge in [0.05, 0.1) is 12.1 Å². The summed E-state index contributed by atoms with van der Waals surface area (Å²) in [5, 5.41) is 13.1. The number of hydrogen-bond acceptors (Lipinski definition) is 6. The third kappa shape index (κ3) is 4.29. The number of nitrogens with two attached hydrogens (primary N) is 1. The molecule has 0 aliphatic carbocycles. The normalized spacial score (nSPS) is 16.7. The van der Waals surface area contributed by atoms with Crippen molar-refractivity contribution in [3.8, 4) is 0 Å². The zero-order valence-electron chi connectivity index (χ0n) is 13.9. The minimum Gasteiger partial charge on any atom is -0.393 e. The number of benzene rings is 1. The summed E-state index contributed by atoms with van der Waals surface area (Å²) in [5.74, 6) is 0.255. The molecule has 1 aromatic heterocycles. The summed E-state index contributed by atoms with van der Waals surface area (Å²) in [6.07, 6.45) is 1.15. The number of hydrogen-bond donors (Lipinski definition) is 3. The van der Waals surface area contributed by atoms with E-state index in [0.29, 0.717) is 18.7 Å². The molecular formula is C17H21ClFN5O. The van der Waals surface area contributed by atoms with Crippen LogP contribution in [-0.4, -0.2) is 34.3 Å². The highest BCUT2D eigenvalue weighted by molar-refractivity contribution is 6.29. The molecule has 2 heterocycles. The van der Waals surface area contributed by atoms with Gasteiger partial charge in [0.1, 0.15) is 16.8 Å². The van der Waals surface area contributed by atoms with Gasteiger partial charge in [-0.25, -0.2) is 9.37 Å². The van der Waals surface area contributed by atoms with E-state index in [4.69, 9.17) is 17.3 Å². The van der Waals surface area contributed by atoms with Gasteiger partial charge in [0.15, 0.2) is 0 Å². The summed E-state index contributed by atoms with van der Waals surface area (Å²) < 4.78 is 13.9. The molecule has 1 atom stereocenters. The van der Waals surface area contributed by atoms with Crippen LogP contribution in [0, 0.1) is 5.82 Å². The first-order valence-electron chi connectivity index (χ1n) is 8.21. The quantitative estimate of drug-likeness (QED) is 0.722. The van der Waals surface area contributed by atoms with Crippen LogP contribution in [0.25, 0.3) is 0 Å². The van der Waals surface area contributed by atoms with E-state index in [0.717, 1.165) is 24.3 Å². The number of piperidine rings is 1. The predicted molar refractivity (Wildman–Crippen MR) is 97.3 cm³/mol. The molecular weight excluding hydrogens is 345 g/mol. The molecule has 1 aromatic carbocycles. The van der Waals surface area contributed by atoms with E-state index in [1.54, 1.807) is 12.1 Å². The van der Waals surface area contributed by atoms with Crippen LogP contribution in [-0.2, 0) is 0 Å². The number of halogens is 2. The Morgan fingerprint density at radius 3 is 2.72 bits per heavy atom. The average Bonchev–Trinajstić information content (AvgIpc) is 2.54. The molecule has 0 spiro atoms. The summed E-state index contributed by atoms with van der Waals surface area (Å²) >= 11 is 5.91. The van der Waals surface area contributed by atoms with Crippen molar-refractivity contribution in [2.45, 2.75) is 31.9 Å². The lowest BCUT2D eigenvalue weighted by Gasteiger charge is -2.34. The lowest BCUT2D eigenvalue weighted by atomic mass is 10.0. The molecule has 25 heavy (non-hydrogen) atoms. The lowest BCUT2D eigenvalue weighted by Crippen LogP contribution is -2.36. The van der Waals surface area contributed by atoms with E-state index in [-0.39, 0.29) is 29.1 Å². The molecule has 134 valence electrons. The molecule has 1 aliphatic rings. The molecule has 1 aliphatic heterocycles. The number of aliphatic hydroxyl groups is 1. The predicted octanol–water partition coefficient (Wildman–Crippen LogP) is 2.99. The zero-order chi connectivity index (χ0) is 18.0. The first-order valence-corrected chi connectivity index (χ1v) is 8.59. The highest BCUT2D eigenvalue weighted by Gasteiger charge is 2.22. The minimum atomic E-state index is -0.301. The van der Waals surface area contributed by atoms with E-state index < -0.39 is 0 Å². The molecule has 1 fully saturated rings. The average molecular weight is 366 g/mol. The summed E-state index contributed by atoms with van der Waals surface area (Å²) in [6, 6.07) is 6.11. The van der Waals surface area contributed by atoms with Crippen molar-refractivity contribution in [3.63, 3.8) is 0 Å². The Morgan fingerprint density at radius 2 is 2.04 bits per heavy atom. The van der Waals surface area contributed by atoms with Crippen LogP contribution >= 0.6 is 11.6 Å². The zero-order valence-corrected chi connectivity index (χ0v) is 14.7. The Kier molecular flexibility index (Phi) is 5.24. The van der Waals surface area contributed by atoms with Crippen molar-refractivity contribution in [3.05, 3.63) is 40.8 Å². The van der Waals surface area contributed by atoms with E-state index >= 15 is 0 Å². The van der Waals surface area contributed by atoms with Crippen molar-refractivity contribution >= 4 is 29.1 Å². The van der Waals surface area contributed by atoms with Crippen molar-refractivity contribution < 1.29 is 9.50 Å². The van der Waals surface area contributed by atoms with Crippen LogP contribution in [0.4, 0.5) is 21.8 Å². The number of aromatic nitrogens is 2. The number of nitrogen functional groups attached to an aromatic ring is 1. The van der Waals surface area contributed by atoms with Gasteiger partial charge in [0.25, 0.3) is 0 Å². The van der Waals surface area contributed by atoms with Gasteiger partial charge in [-0.3, -0.25) is 0 Å². The van der Waals surface area contributed by atoms with Gasteiger partial charge in [0, 0.05) is 30.4 Å². The van der Waals surface area contributed by atoms with Gasteiger partial charge in [-0.2, -0.15) is 4.98 Å². The molecule has 0 unspecified atom stereocenters. The molecule has 0 amide bonds. The molecule has 0 saturated carbocycles. The third-order valence-corrected chi connectivity index (χ3v) is 4.53. The lowest BCUT2D eigenvalue weighted by molar-refractivity contribution is 0.145. The van der Waals surface area contributed by atoms with Crippen molar-refractivity contribution in [2.75, 3.05) is 29.0 Å². The topological polar surface area (TPSA) is 87.3 Å². The van der Waals surface area contributed by atoms with Gasteiger partial charge in [-0.15, -0.1) is 0 Å². The molecule has 8 heteroatoms. The molecule has 4 N–H and O–H groups in total. The Bertz CT molecular complexity index is 732. The van der Waals surface area contributed by atoms with Crippen LogP contribution in [0.1, 0.15) is 31.4 Å². The molecule has 6 nitrogen and oxygen atoms in total. The SMILES string of the molecule is C[C@@H](Nc1cc(Cl)nc(N)n1)c1cc(F)ccc1N1CCC(O)CC1. The van der Waals surface area contributed by atoms with Gasteiger partial charge in [-0.05, 0) is 38.0 Å². The maximum absolute atomic E-state index is 13.9. The molecule has 0 bridgehead atoms. The minimum absolute atomic E-state index is 0.0756. The van der Waals surface area contributed by atoms with E-state index in [1.807, 2.05) is 6.92 Å². The number of rotatable bonds is 4. The van der Waals surface area contributed by atoms with Crippen molar-refractivity contribution in [1.82, 2.24) is 9.97 Å². The third-order valence-electron chi connectivity index (χ3n) is 4.34. The Morgan fingerprint density at radius 1 is 1.32 bits per heavy atom. The van der Waals surface area contributed by atoms with Crippen LogP contribution in [0.2, 0.25) is 5.15 Å². The molecule has 1 saturated heterocycles. The van der Waals surface area contributed by atoms with E-state index in [9.17, 15) is 9.50 Å². The van der Waals surface area contributed by atoms with Crippen LogP contribution in [0.3, 0.4) is 0 Å². The monoisotopic (exact) mass is 365 g/mol. The Labute approximate surface area is 150 Å². The fourth-order valence-electron chi connectivity index (χ4n) is 3.08. The molecule has 2 aromatic rings. The largest absolute Gasteiger partial charge is 0.393 e. The van der Waals surface area contributed by atoms with Gasteiger partial charge in [-0.1, -0.05) is 11.6 Å². The second-order valence-electron chi connectivity index (χ2n) is 6.22. The van der Waals surface area contributed by atoms with Crippen LogP contribution in [0.5, 0.6) is 0 Å². The fourth-order valence-corrected chi connectivity index (χ4v) is 3.27. The van der Waals surface area contributed by atoms with Gasteiger partial charge >= 0.3 is 0 Å². The highest BCUT2D eigenvalue weighted by Crippen LogP contribution is 2.31. The Hall–Kier alpha value is -2.12.